The first-order chi connectivity index (χ1) is 13.2. The zero-order chi connectivity index (χ0) is 20.9. The SMILES string of the molecule is CCN=C1N=C(N(CC)CC)C(C(=O)NS(=O)(=O)c2ccc(C)cc2)C(=S)N1. The first-order valence-electron chi connectivity index (χ1n) is 9.05. The Kier molecular flexibility index (Phi) is 7.25. The monoisotopic (exact) mass is 423 g/mol. The van der Waals surface area contributed by atoms with Crippen molar-refractivity contribution in [3.8, 4) is 0 Å². The topological polar surface area (TPSA) is 103 Å². The summed E-state index contributed by atoms with van der Waals surface area (Å²) in [5.74, 6) is -1.07. The lowest BCUT2D eigenvalue weighted by Crippen LogP contribution is -2.55. The number of aryl methyl sites for hydroxylation is 1. The van der Waals surface area contributed by atoms with Gasteiger partial charge in [0.1, 0.15) is 16.7 Å². The van der Waals surface area contributed by atoms with Crippen LogP contribution in [0.5, 0.6) is 0 Å². The molecule has 28 heavy (non-hydrogen) atoms. The van der Waals surface area contributed by atoms with Crippen molar-refractivity contribution in [3.63, 3.8) is 0 Å². The van der Waals surface area contributed by atoms with Crippen molar-refractivity contribution in [1.29, 1.82) is 0 Å². The van der Waals surface area contributed by atoms with Crippen LogP contribution in [0.4, 0.5) is 0 Å². The quantitative estimate of drug-likeness (QED) is 0.672. The van der Waals surface area contributed by atoms with Crippen molar-refractivity contribution in [2.75, 3.05) is 19.6 Å². The molecule has 2 N–H and O–H groups in total. The second-order valence-electron chi connectivity index (χ2n) is 6.15. The maximum atomic E-state index is 12.9. The molecule has 0 saturated heterocycles. The highest BCUT2D eigenvalue weighted by atomic mass is 32.2. The summed E-state index contributed by atoms with van der Waals surface area (Å²) in [6.45, 7) is 9.23. The minimum Gasteiger partial charge on any atom is -0.359 e. The molecule has 1 atom stereocenters. The number of carbonyl (C=O) groups excluding carboxylic acids is 1. The van der Waals surface area contributed by atoms with Gasteiger partial charge in [-0.1, -0.05) is 29.9 Å². The summed E-state index contributed by atoms with van der Waals surface area (Å²) in [4.78, 5) is 23.6. The molecular weight excluding hydrogens is 398 g/mol. The third-order valence-corrected chi connectivity index (χ3v) is 5.90. The summed E-state index contributed by atoms with van der Waals surface area (Å²) < 4.78 is 27.4. The van der Waals surface area contributed by atoms with Crippen molar-refractivity contribution in [1.82, 2.24) is 14.9 Å². The number of thiocarbonyl (C=S) groups is 1. The number of nitrogens with one attached hydrogen (secondary N) is 2. The van der Waals surface area contributed by atoms with Crippen LogP contribution in [0.3, 0.4) is 0 Å². The highest BCUT2D eigenvalue weighted by molar-refractivity contribution is 7.90. The Morgan fingerprint density at radius 2 is 1.86 bits per heavy atom. The standard InChI is InChI=1S/C18H25N5O3S2/c1-5-19-18-20-15(23(6-2)7-3)14(17(27)21-18)16(24)22-28(25,26)13-10-8-12(4)9-11-13/h8-11,14H,5-7H2,1-4H3,(H,22,24)(H,19,21,27). The molecule has 1 aliphatic rings. The van der Waals surface area contributed by atoms with E-state index in [1.165, 1.54) is 12.1 Å². The third kappa shape index (κ3) is 4.93. The highest BCUT2D eigenvalue weighted by Gasteiger charge is 2.37. The Bertz CT molecular complexity index is 904. The van der Waals surface area contributed by atoms with Gasteiger partial charge in [0.15, 0.2) is 0 Å². The molecule has 152 valence electrons. The maximum absolute atomic E-state index is 12.9. The fourth-order valence-electron chi connectivity index (χ4n) is 2.73. The smallest absolute Gasteiger partial charge is 0.264 e. The zero-order valence-electron chi connectivity index (χ0n) is 16.4. The lowest BCUT2D eigenvalue weighted by atomic mass is 10.1. The number of hydrogen-bond acceptors (Lipinski definition) is 6. The van der Waals surface area contributed by atoms with Crippen LogP contribution >= 0.6 is 12.2 Å². The van der Waals surface area contributed by atoms with E-state index in [-0.39, 0.29) is 9.88 Å². The van der Waals surface area contributed by atoms with Crippen molar-refractivity contribution in [3.05, 3.63) is 29.8 Å². The minimum atomic E-state index is -4.03. The van der Waals surface area contributed by atoms with Gasteiger partial charge in [-0.05, 0) is 39.8 Å². The molecule has 0 bridgehead atoms. The Balaban J connectivity index is 2.38. The number of aliphatic imine (C=N–C) groups is 2. The van der Waals surface area contributed by atoms with Crippen LogP contribution in [-0.2, 0) is 14.8 Å². The fourth-order valence-corrected chi connectivity index (χ4v) is 4.03. The summed E-state index contributed by atoms with van der Waals surface area (Å²) in [5.41, 5.74) is 0.918. The lowest BCUT2D eigenvalue weighted by molar-refractivity contribution is -0.119. The van der Waals surface area contributed by atoms with Gasteiger partial charge in [0.25, 0.3) is 15.9 Å². The van der Waals surface area contributed by atoms with E-state index in [1.807, 2.05) is 32.6 Å². The average molecular weight is 424 g/mol. The van der Waals surface area contributed by atoms with Crippen molar-refractivity contribution in [2.24, 2.45) is 15.9 Å². The van der Waals surface area contributed by atoms with E-state index in [2.05, 4.69) is 20.0 Å². The van der Waals surface area contributed by atoms with Gasteiger partial charge >= 0.3 is 0 Å². The van der Waals surface area contributed by atoms with Crippen molar-refractivity contribution >= 4 is 44.9 Å². The second kappa shape index (κ2) is 9.24. The van der Waals surface area contributed by atoms with Crippen LogP contribution in [0, 0.1) is 12.8 Å². The molecule has 0 spiro atoms. The molecule has 1 amide bonds. The first-order valence-corrected chi connectivity index (χ1v) is 10.9. The number of nitrogens with zero attached hydrogens (tertiary/aromatic N) is 3. The molecule has 0 radical (unpaired) electrons. The number of sulfonamides is 1. The van der Waals surface area contributed by atoms with Crippen LogP contribution in [0.15, 0.2) is 39.1 Å². The molecule has 0 aliphatic carbocycles. The summed E-state index contributed by atoms with van der Waals surface area (Å²) >= 11 is 5.35. The van der Waals surface area contributed by atoms with E-state index in [4.69, 9.17) is 12.2 Å². The highest BCUT2D eigenvalue weighted by Crippen LogP contribution is 2.16. The normalized spacial score (nSPS) is 18.4. The van der Waals surface area contributed by atoms with E-state index in [0.29, 0.717) is 31.4 Å². The molecule has 1 aromatic carbocycles. The number of benzene rings is 1. The van der Waals surface area contributed by atoms with Gasteiger partial charge in [-0.2, -0.15) is 4.99 Å². The van der Waals surface area contributed by atoms with Gasteiger partial charge in [0, 0.05) is 19.6 Å². The number of guanidine groups is 1. The van der Waals surface area contributed by atoms with E-state index in [0.717, 1.165) is 5.56 Å². The molecule has 10 heteroatoms. The Hall–Kier alpha value is -2.33. The lowest BCUT2D eigenvalue weighted by Gasteiger charge is -2.32. The summed E-state index contributed by atoms with van der Waals surface area (Å²) in [5, 5.41) is 2.83. The molecule has 1 heterocycles. The fraction of sp³-hybridized carbons (Fsp3) is 0.444. The number of amides is 1. The molecule has 2 rings (SSSR count). The van der Waals surface area contributed by atoms with Crippen LogP contribution in [0.1, 0.15) is 26.3 Å². The molecular formula is C18H25N5O3S2. The van der Waals surface area contributed by atoms with Gasteiger partial charge < -0.3 is 10.2 Å². The van der Waals surface area contributed by atoms with Gasteiger partial charge in [-0.15, -0.1) is 0 Å². The third-order valence-electron chi connectivity index (χ3n) is 4.20. The maximum Gasteiger partial charge on any atom is 0.264 e. The Labute approximate surface area is 171 Å². The van der Waals surface area contributed by atoms with E-state index < -0.39 is 21.8 Å². The molecule has 1 aliphatic heterocycles. The van der Waals surface area contributed by atoms with Crippen LogP contribution < -0.4 is 10.0 Å². The molecule has 1 unspecified atom stereocenters. The van der Waals surface area contributed by atoms with E-state index >= 15 is 0 Å². The van der Waals surface area contributed by atoms with Gasteiger partial charge in [-0.25, -0.2) is 13.1 Å². The van der Waals surface area contributed by atoms with Crippen LogP contribution in [0.2, 0.25) is 0 Å². The zero-order valence-corrected chi connectivity index (χ0v) is 18.0. The van der Waals surface area contributed by atoms with Gasteiger partial charge in [0.05, 0.1) is 4.90 Å². The van der Waals surface area contributed by atoms with Crippen molar-refractivity contribution in [2.45, 2.75) is 32.6 Å². The van der Waals surface area contributed by atoms with Gasteiger partial charge in [0.2, 0.25) is 5.96 Å². The van der Waals surface area contributed by atoms with E-state index in [1.54, 1.807) is 12.1 Å². The van der Waals surface area contributed by atoms with Crippen LogP contribution in [0.25, 0.3) is 0 Å². The Morgan fingerprint density at radius 3 is 2.39 bits per heavy atom. The summed E-state index contributed by atoms with van der Waals surface area (Å²) in [6, 6.07) is 6.24. The second-order valence-corrected chi connectivity index (χ2v) is 8.27. The molecule has 0 saturated carbocycles. The molecule has 8 nitrogen and oxygen atoms in total. The molecule has 0 fully saturated rings. The molecule has 0 aromatic heterocycles. The Morgan fingerprint density at radius 1 is 1.25 bits per heavy atom. The summed E-state index contributed by atoms with van der Waals surface area (Å²) in [7, 11) is -4.03. The van der Waals surface area contributed by atoms with E-state index in [9.17, 15) is 13.2 Å². The number of rotatable bonds is 6. The predicted molar refractivity (Wildman–Crippen MR) is 114 cm³/mol. The van der Waals surface area contributed by atoms with Crippen LogP contribution in [-0.4, -0.2) is 55.6 Å². The largest absolute Gasteiger partial charge is 0.359 e. The first kappa shape index (κ1) is 22.0. The number of amidine groups is 1. The number of carbonyl (C=O) groups is 1. The molecule has 1 aromatic rings. The number of hydrogen-bond donors (Lipinski definition) is 2. The minimum absolute atomic E-state index is 0.00991. The average Bonchev–Trinajstić information content (AvgIpc) is 2.62. The predicted octanol–water partition coefficient (Wildman–Crippen LogP) is 1.46. The van der Waals surface area contributed by atoms with Crippen molar-refractivity contribution < 1.29 is 13.2 Å². The summed E-state index contributed by atoms with van der Waals surface area (Å²) in [6.07, 6.45) is 0. The van der Waals surface area contributed by atoms with Gasteiger partial charge in [-0.3, -0.25) is 9.79 Å².